The summed E-state index contributed by atoms with van der Waals surface area (Å²) in [6.45, 7) is 1.66. The number of nitrogens with one attached hydrogen (secondary N) is 4. The summed E-state index contributed by atoms with van der Waals surface area (Å²) in [5, 5.41) is 27.3. The number of carboxylic acids is 1. The maximum absolute atomic E-state index is 13.1. The summed E-state index contributed by atoms with van der Waals surface area (Å²) in [5.41, 5.74) is 17.9. The van der Waals surface area contributed by atoms with E-state index in [1.165, 1.54) is 6.92 Å². The van der Waals surface area contributed by atoms with E-state index >= 15 is 0 Å². The molecule has 2 aromatic rings. The number of fused-ring (bicyclic) bond motifs is 1. The number of H-pyrrole nitrogens is 1. The number of benzene rings is 1. The third-order valence-corrected chi connectivity index (χ3v) is 6.15. The van der Waals surface area contributed by atoms with Crippen molar-refractivity contribution in [1.82, 2.24) is 20.9 Å². The molecule has 1 aromatic carbocycles. The number of carbonyl (C=O) groups excluding carboxylic acids is 4. The number of nitrogens with two attached hydrogens (primary N) is 3. The van der Waals surface area contributed by atoms with Crippen LogP contribution in [0.4, 0.5) is 0 Å². The number of primary amides is 1. The molecule has 214 valence electrons. The van der Waals surface area contributed by atoms with Gasteiger partial charge in [0, 0.05) is 23.5 Å². The van der Waals surface area contributed by atoms with E-state index in [-0.39, 0.29) is 12.8 Å². The van der Waals surface area contributed by atoms with Crippen LogP contribution in [0.2, 0.25) is 0 Å². The van der Waals surface area contributed by atoms with Crippen LogP contribution in [0.1, 0.15) is 38.2 Å². The van der Waals surface area contributed by atoms with E-state index in [0.717, 1.165) is 10.9 Å². The van der Waals surface area contributed by atoms with Gasteiger partial charge in [-0.1, -0.05) is 18.2 Å². The van der Waals surface area contributed by atoms with Gasteiger partial charge in [-0.25, -0.2) is 4.79 Å². The highest BCUT2D eigenvalue weighted by molar-refractivity contribution is 5.96. The zero-order valence-corrected chi connectivity index (χ0v) is 21.7. The van der Waals surface area contributed by atoms with E-state index in [1.54, 1.807) is 18.3 Å². The Balaban J connectivity index is 2.18. The van der Waals surface area contributed by atoms with Crippen molar-refractivity contribution in [3.05, 3.63) is 36.0 Å². The molecule has 14 heteroatoms. The number of aromatic amines is 1. The lowest BCUT2D eigenvalue weighted by Crippen LogP contribution is -2.58. The fourth-order valence-corrected chi connectivity index (χ4v) is 3.92. The molecule has 1 aromatic heterocycles. The molecule has 0 aliphatic rings. The molecular formula is C25H37N7O7. The zero-order chi connectivity index (χ0) is 29.1. The molecule has 5 atom stereocenters. The Morgan fingerprint density at radius 1 is 0.949 bits per heavy atom. The second-order valence-electron chi connectivity index (χ2n) is 9.31. The van der Waals surface area contributed by atoms with Crippen LogP contribution in [0.5, 0.6) is 0 Å². The molecule has 0 aliphatic carbocycles. The molecule has 39 heavy (non-hydrogen) atoms. The predicted octanol–water partition coefficient (Wildman–Crippen LogP) is -2.04. The summed E-state index contributed by atoms with van der Waals surface area (Å²) in [6, 6.07) is 1.87. The van der Waals surface area contributed by atoms with E-state index < -0.39 is 66.3 Å². The second kappa shape index (κ2) is 14.8. The molecule has 0 aliphatic heterocycles. The number of amides is 4. The molecule has 0 fully saturated rings. The minimum absolute atomic E-state index is 0.0721. The van der Waals surface area contributed by atoms with Crippen LogP contribution in [-0.2, 0) is 30.4 Å². The summed E-state index contributed by atoms with van der Waals surface area (Å²) in [4.78, 5) is 65.2. The van der Waals surface area contributed by atoms with E-state index in [1.807, 2.05) is 12.1 Å². The molecule has 14 nitrogen and oxygen atoms in total. The van der Waals surface area contributed by atoms with E-state index in [2.05, 4.69) is 20.9 Å². The fraction of sp³-hybridized carbons (Fsp3) is 0.480. The number of hydrogen-bond donors (Lipinski definition) is 9. The van der Waals surface area contributed by atoms with Crippen LogP contribution in [0.25, 0.3) is 10.9 Å². The van der Waals surface area contributed by atoms with E-state index in [0.29, 0.717) is 24.9 Å². The highest BCUT2D eigenvalue weighted by Crippen LogP contribution is 2.19. The summed E-state index contributed by atoms with van der Waals surface area (Å²) in [7, 11) is 0. The standard InChI is InChI=1S/C25H37N7O7/c1-13(33)21(28)24(37)30-17(8-4-5-9-26)22(35)31-18(11-20(27)34)23(36)32-19(25(38)39)10-14-12-29-16-7-3-2-6-15(14)16/h2-3,6-7,12-13,17-19,21,29,33H,4-5,8-11,26,28H2,1H3,(H2,27,34)(H,30,37)(H,31,35)(H,32,36)(H,38,39). The van der Waals surface area contributed by atoms with Gasteiger partial charge in [-0.2, -0.15) is 0 Å². The smallest absolute Gasteiger partial charge is 0.326 e. The average Bonchev–Trinajstić information content (AvgIpc) is 3.29. The molecule has 12 N–H and O–H groups in total. The van der Waals surface area contributed by atoms with E-state index in [4.69, 9.17) is 17.2 Å². The third-order valence-electron chi connectivity index (χ3n) is 6.15. The van der Waals surface area contributed by atoms with Crippen molar-refractivity contribution in [2.24, 2.45) is 17.2 Å². The molecule has 1 heterocycles. The first-order valence-electron chi connectivity index (χ1n) is 12.6. The van der Waals surface area contributed by atoms with Gasteiger partial charge >= 0.3 is 5.97 Å². The summed E-state index contributed by atoms with van der Waals surface area (Å²) >= 11 is 0. The number of carbonyl (C=O) groups is 5. The van der Waals surface area contributed by atoms with Crippen LogP contribution in [-0.4, -0.2) is 81.6 Å². The van der Waals surface area contributed by atoms with Crippen molar-refractivity contribution in [2.45, 2.75) is 69.3 Å². The minimum atomic E-state index is -1.51. The van der Waals surface area contributed by atoms with Crippen molar-refractivity contribution in [3.8, 4) is 0 Å². The van der Waals surface area contributed by atoms with Crippen molar-refractivity contribution in [3.63, 3.8) is 0 Å². The van der Waals surface area contributed by atoms with Crippen molar-refractivity contribution in [1.29, 1.82) is 0 Å². The van der Waals surface area contributed by atoms with Crippen LogP contribution in [0.15, 0.2) is 30.5 Å². The molecule has 0 spiro atoms. The lowest BCUT2D eigenvalue weighted by molar-refractivity contribution is -0.142. The Morgan fingerprint density at radius 2 is 1.56 bits per heavy atom. The van der Waals surface area contributed by atoms with Gasteiger partial charge < -0.3 is 48.3 Å². The molecule has 0 radical (unpaired) electrons. The maximum Gasteiger partial charge on any atom is 0.326 e. The molecule has 0 saturated carbocycles. The molecule has 0 saturated heterocycles. The number of aliphatic carboxylic acids is 1. The summed E-state index contributed by atoms with van der Waals surface area (Å²) in [5.74, 6) is -4.79. The number of aliphatic hydroxyl groups is 1. The number of unbranched alkanes of at least 4 members (excludes halogenated alkanes) is 1. The lowest BCUT2D eigenvalue weighted by atomic mass is 10.0. The Hall–Kier alpha value is -4.01. The van der Waals surface area contributed by atoms with Crippen LogP contribution in [0.3, 0.4) is 0 Å². The van der Waals surface area contributed by atoms with Crippen LogP contribution >= 0.6 is 0 Å². The second-order valence-corrected chi connectivity index (χ2v) is 9.31. The number of para-hydroxylation sites is 1. The van der Waals surface area contributed by atoms with Crippen molar-refractivity contribution in [2.75, 3.05) is 6.54 Å². The van der Waals surface area contributed by atoms with Gasteiger partial charge in [0.1, 0.15) is 24.2 Å². The maximum atomic E-state index is 13.1. The summed E-state index contributed by atoms with van der Waals surface area (Å²) < 4.78 is 0. The molecule has 5 unspecified atom stereocenters. The number of rotatable bonds is 16. The number of carboxylic acid groups (broad SMARTS) is 1. The first kappa shape index (κ1) is 31.2. The van der Waals surface area contributed by atoms with Crippen molar-refractivity contribution >= 4 is 40.5 Å². The van der Waals surface area contributed by atoms with Crippen LogP contribution < -0.4 is 33.2 Å². The van der Waals surface area contributed by atoms with Gasteiger partial charge in [0.15, 0.2) is 0 Å². The van der Waals surface area contributed by atoms with E-state index in [9.17, 15) is 34.2 Å². The molecular weight excluding hydrogens is 510 g/mol. The van der Waals surface area contributed by atoms with Gasteiger partial charge in [0.2, 0.25) is 23.6 Å². The molecule has 2 rings (SSSR count). The summed E-state index contributed by atoms with van der Waals surface area (Å²) in [6.07, 6.45) is 0.882. The first-order chi connectivity index (χ1) is 18.4. The Kier molecular flexibility index (Phi) is 11.8. The number of hydrogen-bond acceptors (Lipinski definition) is 8. The largest absolute Gasteiger partial charge is 0.480 e. The number of aromatic nitrogens is 1. The van der Waals surface area contributed by atoms with Crippen molar-refractivity contribution < 1.29 is 34.2 Å². The topological polar surface area (TPSA) is 256 Å². The predicted molar refractivity (Wildman–Crippen MR) is 142 cm³/mol. The van der Waals surface area contributed by atoms with Gasteiger partial charge in [0.25, 0.3) is 0 Å². The van der Waals surface area contributed by atoms with Gasteiger partial charge in [0.05, 0.1) is 12.5 Å². The quantitative estimate of drug-likeness (QED) is 0.105. The monoisotopic (exact) mass is 547 g/mol. The fourth-order valence-electron chi connectivity index (χ4n) is 3.92. The Morgan fingerprint density at radius 3 is 2.18 bits per heavy atom. The lowest BCUT2D eigenvalue weighted by Gasteiger charge is -2.25. The minimum Gasteiger partial charge on any atom is -0.480 e. The van der Waals surface area contributed by atoms with Gasteiger partial charge in [-0.05, 0) is 44.4 Å². The zero-order valence-electron chi connectivity index (χ0n) is 21.7. The Bertz CT molecular complexity index is 1170. The normalized spacial score (nSPS) is 15.0. The third kappa shape index (κ3) is 9.35. The SMILES string of the molecule is CC(O)C(N)C(=O)NC(CCCCN)C(=O)NC(CC(N)=O)C(=O)NC(Cc1c[nH]c2ccccc12)C(=O)O. The molecule has 4 amide bonds. The average molecular weight is 548 g/mol. The molecule has 0 bridgehead atoms. The first-order valence-corrected chi connectivity index (χ1v) is 12.6. The van der Waals surface area contributed by atoms with Crippen LogP contribution in [0, 0.1) is 0 Å². The number of aliphatic hydroxyl groups excluding tert-OH is 1. The highest BCUT2D eigenvalue weighted by Gasteiger charge is 2.32. The highest BCUT2D eigenvalue weighted by atomic mass is 16.4. The van der Waals surface area contributed by atoms with Gasteiger partial charge in [-0.15, -0.1) is 0 Å². The van der Waals surface area contributed by atoms with Gasteiger partial charge in [-0.3, -0.25) is 19.2 Å². The Labute approximate surface area is 225 Å².